The highest BCUT2D eigenvalue weighted by Gasteiger charge is 2.32. The first-order valence-corrected chi connectivity index (χ1v) is 9.94. The summed E-state index contributed by atoms with van der Waals surface area (Å²) in [6.07, 6.45) is 0. The minimum Gasteiger partial charge on any atom is -0.378 e. The number of amides is 2. The third kappa shape index (κ3) is 5.21. The summed E-state index contributed by atoms with van der Waals surface area (Å²) in [6, 6.07) is 14.4. The third-order valence-electron chi connectivity index (χ3n) is 5.17. The third-order valence-corrected chi connectivity index (χ3v) is 5.17. The molecular weight excluding hydrogens is 371 g/mol. The van der Waals surface area contributed by atoms with E-state index in [-0.39, 0.29) is 23.5 Å². The first kappa shape index (κ1) is 21.0. The minimum absolute atomic E-state index is 0.0182. The van der Waals surface area contributed by atoms with Gasteiger partial charge < -0.3 is 15.0 Å². The molecule has 0 aromatic heterocycles. The lowest BCUT2D eigenvalue weighted by molar-refractivity contribution is -0.140. The molecule has 0 aliphatic carbocycles. The number of carbonyl (C=O) groups is 2. The summed E-state index contributed by atoms with van der Waals surface area (Å²) in [5, 5.41) is 2.96. The maximum Gasteiger partial charge on any atom is 0.249 e. The SMILES string of the molecule is CC(C)C(C(=O)N[C@H](C(=O)N1CCOCC1)c1ccccc1)c1ccc(F)cc1. The molecule has 0 bridgehead atoms. The monoisotopic (exact) mass is 398 g/mol. The molecule has 0 radical (unpaired) electrons. The summed E-state index contributed by atoms with van der Waals surface area (Å²) in [6.45, 7) is 5.87. The van der Waals surface area contributed by atoms with Crippen LogP contribution in [0, 0.1) is 11.7 Å². The van der Waals surface area contributed by atoms with Crippen molar-refractivity contribution >= 4 is 11.8 Å². The Labute approximate surface area is 170 Å². The van der Waals surface area contributed by atoms with Gasteiger partial charge >= 0.3 is 0 Å². The average molecular weight is 398 g/mol. The van der Waals surface area contributed by atoms with Gasteiger partial charge in [0.1, 0.15) is 11.9 Å². The van der Waals surface area contributed by atoms with Crippen LogP contribution in [0.4, 0.5) is 4.39 Å². The lowest BCUT2D eigenvalue weighted by Crippen LogP contribution is -2.48. The van der Waals surface area contributed by atoms with Crippen LogP contribution in [0.1, 0.15) is 36.9 Å². The first-order chi connectivity index (χ1) is 14.0. The summed E-state index contributed by atoms with van der Waals surface area (Å²) < 4.78 is 18.7. The Morgan fingerprint density at radius 2 is 1.59 bits per heavy atom. The lowest BCUT2D eigenvalue weighted by atomic mass is 9.87. The Morgan fingerprint density at radius 3 is 2.17 bits per heavy atom. The molecule has 1 unspecified atom stereocenters. The van der Waals surface area contributed by atoms with Crippen molar-refractivity contribution < 1.29 is 18.7 Å². The van der Waals surface area contributed by atoms with Gasteiger partial charge in [-0.15, -0.1) is 0 Å². The summed E-state index contributed by atoms with van der Waals surface area (Å²) in [4.78, 5) is 28.2. The normalized spacial score (nSPS) is 16.3. The molecule has 1 aliphatic heterocycles. The van der Waals surface area contributed by atoms with Crippen molar-refractivity contribution in [3.05, 3.63) is 71.5 Å². The van der Waals surface area contributed by atoms with E-state index in [0.717, 1.165) is 11.1 Å². The van der Waals surface area contributed by atoms with Crippen molar-refractivity contribution in [3.63, 3.8) is 0 Å². The molecule has 5 nitrogen and oxygen atoms in total. The molecule has 2 atom stereocenters. The van der Waals surface area contributed by atoms with Gasteiger partial charge in [0, 0.05) is 13.1 Å². The molecule has 1 saturated heterocycles. The van der Waals surface area contributed by atoms with Gasteiger partial charge in [-0.25, -0.2) is 4.39 Å². The molecule has 0 spiro atoms. The second kappa shape index (κ2) is 9.65. The molecule has 6 heteroatoms. The number of nitrogens with one attached hydrogen (secondary N) is 1. The molecule has 29 heavy (non-hydrogen) atoms. The fourth-order valence-electron chi connectivity index (χ4n) is 3.64. The molecule has 1 aliphatic rings. The zero-order valence-corrected chi connectivity index (χ0v) is 16.8. The van der Waals surface area contributed by atoms with Crippen LogP contribution in [0.15, 0.2) is 54.6 Å². The first-order valence-electron chi connectivity index (χ1n) is 9.94. The number of carbonyl (C=O) groups excluding carboxylic acids is 2. The minimum atomic E-state index is -0.775. The highest BCUT2D eigenvalue weighted by molar-refractivity contribution is 5.91. The Balaban J connectivity index is 1.86. The number of benzene rings is 2. The van der Waals surface area contributed by atoms with Crippen molar-refractivity contribution in [3.8, 4) is 0 Å². The number of rotatable bonds is 6. The van der Waals surface area contributed by atoms with Gasteiger partial charge in [0.05, 0.1) is 19.1 Å². The van der Waals surface area contributed by atoms with Gasteiger partial charge in [-0.3, -0.25) is 9.59 Å². The van der Waals surface area contributed by atoms with E-state index in [1.165, 1.54) is 12.1 Å². The number of halogens is 1. The largest absolute Gasteiger partial charge is 0.378 e. The van der Waals surface area contributed by atoms with E-state index in [0.29, 0.717) is 26.3 Å². The maximum absolute atomic E-state index is 13.3. The molecule has 154 valence electrons. The van der Waals surface area contributed by atoms with E-state index in [4.69, 9.17) is 4.74 Å². The average Bonchev–Trinajstić information content (AvgIpc) is 2.74. The van der Waals surface area contributed by atoms with Crippen molar-refractivity contribution in [2.75, 3.05) is 26.3 Å². The molecule has 1 fully saturated rings. The number of nitrogens with zero attached hydrogens (tertiary/aromatic N) is 1. The lowest BCUT2D eigenvalue weighted by Gasteiger charge is -2.32. The highest BCUT2D eigenvalue weighted by atomic mass is 19.1. The molecule has 2 aromatic rings. The predicted octanol–water partition coefficient (Wildman–Crippen LogP) is 3.28. The van der Waals surface area contributed by atoms with E-state index in [1.807, 2.05) is 44.2 Å². The second-order valence-electron chi connectivity index (χ2n) is 7.56. The van der Waals surface area contributed by atoms with Crippen LogP contribution in [-0.4, -0.2) is 43.0 Å². The molecule has 1 N–H and O–H groups in total. The van der Waals surface area contributed by atoms with Crippen LogP contribution in [0.2, 0.25) is 0 Å². The summed E-state index contributed by atoms with van der Waals surface area (Å²) in [5.74, 6) is -1.24. The molecule has 1 heterocycles. The number of morpholine rings is 1. The van der Waals surface area contributed by atoms with Gasteiger partial charge in [0.25, 0.3) is 0 Å². The van der Waals surface area contributed by atoms with Gasteiger partial charge in [-0.2, -0.15) is 0 Å². The number of hydrogen-bond acceptors (Lipinski definition) is 3. The van der Waals surface area contributed by atoms with Crippen molar-refractivity contribution in [2.45, 2.75) is 25.8 Å². The quantitative estimate of drug-likeness (QED) is 0.812. The van der Waals surface area contributed by atoms with Gasteiger partial charge in [-0.1, -0.05) is 56.3 Å². The zero-order valence-electron chi connectivity index (χ0n) is 16.8. The highest BCUT2D eigenvalue weighted by Crippen LogP contribution is 2.27. The molecule has 2 amide bonds. The fourth-order valence-corrected chi connectivity index (χ4v) is 3.64. The number of ether oxygens (including phenoxy) is 1. The van der Waals surface area contributed by atoms with Crippen molar-refractivity contribution in [1.82, 2.24) is 10.2 Å². The van der Waals surface area contributed by atoms with Crippen LogP contribution < -0.4 is 5.32 Å². The summed E-state index contributed by atoms with van der Waals surface area (Å²) in [7, 11) is 0. The smallest absolute Gasteiger partial charge is 0.249 e. The topological polar surface area (TPSA) is 58.6 Å². The van der Waals surface area contributed by atoms with Crippen LogP contribution in [0.3, 0.4) is 0 Å². The van der Waals surface area contributed by atoms with Crippen LogP contribution in [0.5, 0.6) is 0 Å². The van der Waals surface area contributed by atoms with Crippen LogP contribution in [-0.2, 0) is 14.3 Å². The fraction of sp³-hybridized carbons (Fsp3) is 0.391. The van der Waals surface area contributed by atoms with E-state index in [2.05, 4.69) is 5.32 Å². The number of hydrogen-bond donors (Lipinski definition) is 1. The van der Waals surface area contributed by atoms with Crippen molar-refractivity contribution in [2.24, 2.45) is 5.92 Å². The molecule has 3 rings (SSSR count). The summed E-state index contributed by atoms with van der Waals surface area (Å²) in [5.41, 5.74) is 1.46. The second-order valence-corrected chi connectivity index (χ2v) is 7.56. The van der Waals surface area contributed by atoms with Crippen molar-refractivity contribution in [1.29, 1.82) is 0 Å². The zero-order chi connectivity index (χ0) is 20.8. The van der Waals surface area contributed by atoms with Crippen LogP contribution >= 0.6 is 0 Å². The van der Waals surface area contributed by atoms with E-state index in [9.17, 15) is 14.0 Å². The van der Waals surface area contributed by atoms with E-state index < -0.39 is 12.0 Å². The Bertz CT molecular complexity index is 818. The predicted molar refractivity (Wildman–Crippen MR) is 109 cm³/mol. The Morgan fingerprint density at radius 1 is 0.966 bits per heavy atom. The Hall–Kier alpha value is -2.73. The molecule has 0 saturated carbocycles. The van der Waals surface area contributed by atoms with Gasteiger partial charge in [0.2, 0.25) is 11.8 Å². The maximum atomic E-state index is 13.3. The summed E-state index contributed by atoms with van der Waals surface area (Å²) >= 11 is 0. The molecular formula is C23H27FN2O3. The van der Waals surface area contributed by atoms with Gasteiger partial charge in [-0.05, 0) is 29.2 Å². The Kier molecular flexibility index (Phi) is 6.99. The standard InChI is InChI=1S/C23H27FN2O3/c1-16(2)20(17-8-10-19(24)11-9-17)22(27)25-21(18-6-4-3-5-7-18)23(28)26-12-14-29-15-13-26/h3-11,16,20-21H,12-15H2,1-2H3,(H,25,27)/t20?,21-/m0/s1. The van der Waals surface area contributed by atoms with E-state index >= 15 is 0 Å². The molecule has 2 aromatic carbocycles. The van der Waals surface area contributed by atoms with Crippen LogP contribution in [0.25, 0.3) is 0 Å². The van der Waals surface area contributed by atoms with Gasteiger partial charge in [0.15, 0.2) is 0 Å². The van der Waals surface area contributed by atoms with E-state index in [1.54, 1.807) is 17.0 Å².